The molecule has 3 saturated carbocycles. The molecule has 13 nitrogen and oxygen atoms in total. The number of rotatable bonds is 6. The van der Waals surface area contributed by atoms with E-state index in [9.17, 15) is 45.6 Å². The molecule has 3 N–H and O–H groups in total. The molecule has 0 spiro atoms. The van der Waals surface area contributed by atoms with Gasteiger partial charge in [-0.25, -0.2) is 22.0 Å². The topological polar surface area (TPSA) is 171 Å². The third-order valence-electron chi connectivity index (χ3n) is 11.4. The van der Waals surface area contributed by atoms with Crippen LogP contribution in [0.4, 0.5) is 26.7 Å². The minimum absolute atomic E-state index is 0.0928. The van der Waals surface area contributed by atoms with Gasteiger partial charge in [-0.05, 0) is 56.1 Å². The van der Waals surface area contributed by atoms with Gasteiger partial charge in [0.05, 0.1) is 11.8 Å². The van der Waals surface area contributed by atoms with E-state index in [2.05, 4.69) is 10.6 Å². The molecular weight excluding hydrogens is 745 g/mol. The van der Waals surface area contributed by atoms with Crippen LogP contribution in [0.2, 0.25) is 0 Å². The Labute approximate surface area is 307 Å². The highest BCUT2D eigenvalue weighted by Gasteiger charge is 2.69. The maximum absolute atomic E-state index is 15.2. The van der Waals surface area contributed by atoms with Crippen molar-refractivity contribution in [1.29, 1.82) is 0 Å². The summed E-state index contributed by atoms with van der Waals surface area (Å²) in [6.07, 6.45) is -7.74. The predicted molar refractivity (Wildman–Crippen MR) is 177 cm³/mol. The number of sulfonamides is 1. The minimum atomic E-state index is -4.97. The second-order valence-electron chi connectivity index (χ2n) is 15.3. The van der Waals surface area contributed by atoms with Gasteiger partial charge < -0.3 is 20.3 Å². The summed E-state index contributed by atoms with van der Waals surface area (Å²) in [5.74, 6) is -8.96. The summed E-state index contributed by atoms with van der Waals surface area (Å²) in [7, 11) is -4.08. The van der Waals surface area contributed by atoms with Gasteiger partial charge in [-0.2, -0.15) is 13.2 Å². The summed E-state index contributed by atoms with van der Waals surface area (Å²) in [6, 6.07) is 3.81. The molecule has 3 aliphatic heterocycles. The van der Waals surface area contributed by atoms with Crippen LogP contribution in [0.1, 0.15) is 75.3 Å². The zero-order valence-electron chi connectivity index (χ0n) is 29.0. The van der Waals surface area contributed by atoms with Crippen LogP contribution in [0.25, 0.3) is 0 Å². The van der Waals surface area contributed by atoms with E-state index in [0.29, 0.717) is 12.8 Å². The molecule has 0 unspecified atom stereocenters. The minimum Gasteiger partial charge on any atom is -0.444 e. The Morgan fingerprint density at radius 2 is 1.61 bits per heavy atom. The van der Waals surface area contributed by atoms with Crippen molar-refractivity contribution in [3.63, 3.8) is 0 Å². The number of fused-ring (bicyclic) bond motifs is 3. The van der Waals surface area contributed by atoms with Crippen LogP contribution in [0.15, 0.2) is 36.4 Å². The SMILES string of the molecule is O=C1N[C@]2(C(=O)NS(=O)(=O)C3CC3)C[C@H]2/C=C\CCC(F)(F)CC[C@H](NC(=O)C2(C(F)(F)F)CC2)C(=O)N2C[C@H](OC(=O)N3Cc4ccccc4C3)C[C@@H]12. The number of allylic oxidation sites excluding steroid dienone is 1. The first-order chi connectivity index (χ1) is 25.3. The van der Waals surface area contributed by atoms with E-state index in [-0.39, 0.29) is 32.4 Å². The molecule has 5 atom stereocenters. The molecule has 5 amide bonds. The number of hydrogen-bond donors (Lipinski definition) is 3. The largest absolute Gasteiger partial charge is 0.444 e. The molecule has 3 aliphatic carbocycles. The Morgan fingerprint density at radius 1 is 0.944 bits per heavy atom. The molecule has 1 aromatic carbocycles. The number of carbonyl (C=O) groups is 5. The van der Waals surface area contributed by atoms with Crippen LogP contribution < -0.4 is 15.4 Å². The van der Waals surface area contributed by atoms with Crippen molar-refractivity contribution in [3.05, 3.63) is 47.5 Å². The number of halogens is 5. The summed E-state index contributed by atoms with van der Waals surface area (Å²) >= 11 is 0. The second-order valence-corrected chi connectivity index (χ2v) is 17.2. The number of alkyl halides is 5. The average molecular weight is 786 g/mol. The van der Waals surface area contributed by atoms with Crippen LogP contribution in [-0.2, 0) is 47.0 Å². The summed E-state index contributed by atoms with van der Waals surface area (Å²) in [6.45, 7) is -0.0586. The summed E-state index contributed by atoms with van der Waals surface area (Å²) in [4.78, 5) is 70.6. The van der Waals surface area contributed by atoms with Gasteiger partial charge in [-0.15, -0.1) is 0 Å². The molecule has 0 bridgehead atoms. The van der Waals surface area contributed by atoms with Crippen LogP contribution in [0.5, 0.6) is 0 Å². The Bertz CT molecular complexity index is 1860. The summed E-state index contributed by atoms with van der Waals surface area (Å²) in [5, 5.41) is 3.85. The number of carbonyl (C=O) groups excluding carboxylic acids is 5. The molecule has 54 heavy (non-hydrogen) atoms. The van der Waals surface area contributed by atoms with E-state index in [4.69, 9.17) is 4.74 Å². The maximum Gasteiger partial charge on any atom is 0.410 e. The van der Waals surface area contributed by atoms with Gasteiger partial charge in [0.2, 0.25) is 33.7 Å². The Balaban J connectivity index is 1.18. The van der Waals surface area contributed by atoms with Gasteiger partial charge in [0.25, 0.3) is 5.91 Å². The van der Waals surface area contributed by atoms with Gasteiger partial charge in [0.15, 0.2) is 0 Å². The number of benzene rings is 1. The highest BCUT2D eigenvalue weighted by Crippen LogP contribution is 2.58. The quantitative estimate of drug-likeness (QED) is 0.292. The smallest absolute Gasteiger partial charge is 0.410 e. The van der Waals surface area contributed by atoms with Gasteiger partial charge in [-0.3, -0.25) is 28.8 Å². The van der Waals surface area contributed by atoms with Crippen LogP contribution in [-0.4, -0.2) is 95.6 Å². The zero-order valence-corrected chi connectivity index (χ0v) is 29.8. The Morgan fingerprint density at radius 3 is 2.22 bits per heavy atom. The van der Waals surface area contributed by atoms with Crippen molar-refractivity contribution in [1.82, 2.24) is 25.2 Å². The highest BCUT2D eigenvalue weighted by atomic mass is 32.2. The van der Waals surface area contributed by atoms with E-state index in [1.54, 1.807) is 12.1 Å². The number of amides is 5. The van der Waals surface area contributed by atoms with Gasteiger partial charge in [0.1, 0.15) is 29.1 Å². The molecule has 7 rings (SSSR count). The van der Waals surface area contributed by atoms with E-state index in [1.807, 2.05) is 16.9 Å². The van der Waals surface area contributed by atoms with Crippen molar-refractivity contribution in [2.24, 2.45) is 11.3 Å². The van der Waals surface area contributed by atoms with Gasteiger partial charge in [0, 0.05) is 38.3 Å². The first-order valence-corrected chi connectivity index (χ1v) is 19.5. The van der Waals surface area contributed by atoms with E-state index >= 15 is 8.78 Å². The fraction of sp³-hybridized carbons (Fsp3) is 0.629. The van der Waals surface area contributed by atoms with Gasteiger partial charge in [-0.1, -0.05) is 36.4 Å². The molecule has 4 fully saturated rings. The monoisotopic (exact) mass is 785 g/mol. The first kappa shape index (κ1) is 38.0. The molecule has 0 aromatic heterocycles. The van der Waals surface area contributed by atoms with Crippen molar-refractivity contribution < 1.29 is 59.1 Å². The summed E-state index contributed by atoms with van der Waals surface area (Å²) < 4.78 is 105. The Hall–Kier alpha value is -4.29. The summed E-state index contributed by atoms with van der Waals surface area (Å²) in [5.41, 5.74) is -2.86. The van der Waals surface area contributed by atoms with Crippen molar-refractivity contribution in [3.8, 4) is 0 Å². The lowest BCUT2D eigenvalue weighted by Crippen LogP contribution is -2.59. The van der Waals surface area contributed by atoms with E-state index in [0.717, 1.165) is 16.0 Å². The number of ether oxygens (including phenoxy) is 1. The molecule has 3 heterocycles. The number of nitrogens with one attached hydrogen (secondary N) is 3. The predicted octanol–water partition coefficient (Wildman–Crippen LogP) is 3.18. The fourth-order valence-electron chi connectivity index (χ4n) is 7.57. The van der Waals surface area contributed by atoms with Crippen LogP contribution in [0, 0.1) is 11.3 Å². The number of hydrogen-bond acceptors (Lipinski definition) is 8. The van der Waals surface area contributed by atoms with Crippen LogP contribution in [0.3, 0.4) is 0 Å². The maximum atomic E-state index is 15.2. The third kappa shape index (κ3) is 7.39. The van der Waals surface area contributed by atoms with Gasteiger partial charge >= 0.3 is 12.3 Å². The van der Waals surface area contributed by atoms with E-state index in [1.165, 1.54) is 17.1 Å². The molecule has 294 valence electrons. The lowest BCUT2D eigenvalue weighted by Gasteiger charge is -2.31. The lowest BCUT2D eigenvalue weighted by atomic mass is 10.00. The average Bonchev–Trinajstić information content (AvgIpc) is 4.03. The standard InChI is InChI=1S/C35H40F5N5O8S/c36-33(37)11-4-3-7-22-16-34(22,30(49)43-54(51,52)24-8-9-24)42-27(46)26-15-23(53-31(50)44-17-20-5-1-2-6-21(20)18-44)19-45(26)28(47)25(10-12-33)41-29(48)32(13-14-32)35(38,39)40/h1-3,5-7,22-26H,4,8-19H2,(H,41,48)(H,42,46)(H,43,49)/b7-3-/t22-,23-,25+,26+,34-/m1/s1. The third-order valence-corrected chi connectivity index (χ3v) is 13.2. The van der Waals surface area contributed by atoms with E-state index < -0.39 is 131 Å². The fourth-order valence-corrected chi connectivity index (χ4v) is 8.94. The molecule has 0 radical (unpaired) electrons. The molecule has 1 saturated heterocycles. The first-order valence-electron chi connectivity index (χ1n) is 18.0. The van der Waals surface area contributed by atoms with Crippen molar-refractivity contribution in [2.75, 3.05) is 6.54 Å². The zero-order chi connectivity index (χ0) is 38.8. The van der Waals surface area contributed by atoms with Crippen molar-refractivity contribution in [2.45, 2.75) is 118 Å². The lowest BCUT2D eigenvalue weighted by molar-refractivity contribution is -0.193. The second kappa shape index (κ2) is 13.5. The van der Waals surface area contributed by atoms with Crippen LogP contribution >= 0.6 is 0 Å². The van der Waals surface area contributed by atoms with Crippen molar-refractivity contribution >= 4 is 39.7 Å². The highest BCUT2D eigenvalue weighted by molar-refractivity contribution is 7.91. The Kier molecular flexibility index (Phi) is 9.48. The number of nitrogens with zero attached hydrogens (tertiary/aromatic N) is 2. The molecule has 6 aliphatic rings. The molecular formula is C35H40F5N5O8S. The normalized spacial score (nSPS) is 31.1. The molecule has 19 heteroatoms. The molecule has 1 aromatic rings.